The second kappa shape index (κ2) is 7.33. The Morgan fingerprint density at radius 3 is 2.48 bits per heavy atom. The first-order valence-electron chi connectivity index (χ1n) is 9.04. The zero-order chi connectivity index (χ0) is 17.9. The van der Waals surface area contributed by atoms with Crippen LogP contribution in [0.2, 0.25) is 0 Å². The maximum atomic E-state index is 11.8. The number of benzene rings is 1. The maximum Gasteiger partial charge on any atom is 0.240 e. The molecule has 1 aliphatic heterocycles. The van der Waals surface area contributed by atoms with Gasteiger partial charge in [-0.05, 0) is 56.3 Å². The average molecular weight is 365 g/mol. The van der Waals surface area contributed by atoms with E-state index in [0.29, 0.717) is 12.0 Å². The SMILES string of the molecule is CCNC(=NCc1ccc(S(=O)(=O)NC)cc1)N1CCC2(CCC2)C1. The first-order chi connectivity index (χ1) is 12.0. The zero-order valence-corrected chi connectivity index (χ0v) is 15.9. The summed E-state index contributed by atoms with van der Waals surface area (Å²) in [7, 11) is -1.97. The number of nitrogens with zero attached hydrogens (tertiary/aromatic N) is 2. The smallest absolute Gasteiger partial charge is 0.240 e. The molecule has 7 heteroatoms. The molecule has 2 fully saturated rings. The van der Waals surface area contributed by atoms with Gasteiger partial charge in [-0.25, -0.2) is 18.1 Å². The highest BCUT2D eigenvalue weighted by Crippen LogP contribution is 2.47. The normalized spacial score (nSPS) is 19.9. The van der Waals surface area contributed by atoms with Gasteiger partial charge in [0.1, 0.15) is 0 Å². The Kier molecular flexibility index (Phi) is 5.34. The summed E-state index contributed by atoms with van der Waals surface area (Å²) < 4.78 is 25.9. The lowest BCUT2D eigenvalue weighted by molar-refractivity contribution is 0.151. The number of hydrogen-bond acceptors (Lipinski definition) is 3. The minimum atomic E-state index is -3.38. The molecule has 1 spiro atoms. The van der Waals surface area contributed by atoms with E-state index in [-0.39, 0.29) is 4.90 Å². The topological polar surface area (TPSA) is 73.8 Å². The van der Waals surface area contributed by atoms with Crippen LogP contribution in [0.4, 0.5) is 0 Å². The van der Waals surface area contributed by atoms with Gasteiger partial charge < -0.3 is 10.2 Å². The molecular weight excluding hydrogens is 336 g/mol. The molecule has 0 bridgehead atoms. The van der Waals surface area contributed by atoms with Gasteiger partial charge in [-0.3, -0.25) is 0 Å². The molecule has 1 saturated carbocycles. The van der Waals surface area contributed by atoms with Gasteiger partial charge in [0.25, 0.3) is 0 Å². The number of sulfonamides is 1. The molecule has 1 heterocycles. The third-order valence-corrected chi connectivity index (χ3v) is 6.83. The summed E-state index contributed by atoms with van der Waals surface area (Å²) in [5, 5.41) is 3.40. The highest BCUT2D eigenvalue weighted by molar-refractivity contribution is 7.89. The predicted octanol–water partition coefficient (Wildman–Crippen LogP) is 1.94. The fourth-order valence-electron chi connectivity index (χ4n) is 3.68. The fraction of sp³-hybridized carbons (Fsp3) is 0.611. The van der Waals surface area contributed by atoms with Crippen LogP contribution in [0.25, 0.3) is 0 Å². The van der Waals surface area contributed by atoms with E-state index in [1.165, 1.54) is 32.7 Å². The quantitative estimate of drug-likeness (QED) is 0.619. The highest BCUT2D eigenvalue weighted by atomic mass is 32.2. The van der Waals surface area contributed by atoms with Crippen LogP contribution in [0.15, 0.2) is 34.2 Å². The lowest BCUT2D eigenvalue weighted by Crippen LogP contribution is -2.42. The summed E-state index contributed by atoms with van der Waals surface area (Å²) in [6, 6.07) is 6.91. The van der Waals surface area contributed by atoms with Crippen molar-refractivity contribution in [3.8, 4) is 0 Å². The Labute approximate surface area is 150 Å². The lowest BCUT2D eigenvalue weighted by Gasteiger charge is -2.38. The maximum absolute atomic E-state index is 11.8. The first-order valence-corrected chi connectivity index (χ1v) is 10.5. The van der Waals surface area contributed by atoms with Crippen molar-refractivity contribution in [3.63, 3.8) is 0 Å². The number of aliphatic imine (C=N–C) groups is 1. The van der Waals surface area contributed by atoms with Gasteiger partial charge in [0.15, 0.2) is 5.96 Å². The van der Waals surface area contributed by atoms with Crippen molar-refractivity contribution in [3.05, 3.63) is 29.8 Å². The molecule has 0 unspecified atom stereocenters. The largest absolute Gasteiger partial charge is 0.357 e. The van der Waals surface area contributed by atoms with Crippen molar-refractivity contribution in [2.45, 2.75) is 44.0 Å². The van der Waals surface area contributed by atoms with Gasteiger partial charge in [-0.1, -0.05) is 18.6 Å². The summed E-state index contributed by atoms with van der Waals surface area (Å²) in [6.45, 7) is 5.67. The molecule has 0 aromatic heterocycles. The fourth-order valence-corrected chi connectivity index (χ4v) is 4.41. The number of nitrogens with one attached hydrogen (secondary N) is 2. The lowest BCUT2D eigenvalue weighted by atomic mass is 9.68. The molecule has 0 atom stereocenters. The summed E-state index contributed by atoms with van der Waals surface area (Å²) in [5.41, 5.74) is 1.54. The van der Waals surface area contributed by atoms with Crippen LogP contribution in [0.5, 0.6) is 0 Å². The minimum absolute atomic E-state index is 0.279. The Morgan fingerprint density at radius 2 is 1.96 bits per heavy atom. The molecule has 1 saturated heterocycles. The molecule has 3 rings (SSSR count). The van der Waals surface area contributed by atoms with Crippen molar-refractivity contribution < 1.29 is 8.42 Å². The van der Waals surface area contributed by atoms with Gasteiger partial charge in [0.2, 0.25) is 10.0 Å². The van der Waals surface area contributed by atoms with Crippen LogP contribution in [-0.2, 0) is 16.6 Å². The molecule has 2 N–H and O–H groups in total. The predicted molar refractivity (Wildman–Crippen MR) is 100.0 cm³/mol. The van der Waals surface area contributed by atoms with E-state index in [2.05, 4.69) is 21.9 Å². The van der Waals surface area contributed by atoms with E-state index < -0.39 is 10.0 Å². The summed E-state index contributed by atoms with van der Waals surface area (Å²) in [4.78, 5) is 7.42. The van der Waals surface area contributed by atoms with Crippen molar-refractivity contribution in [2.24, 2.45) is 10.4 Å². The monoisotopic (exact) mass is 364 g/mol. The van der Waals surface area contributed by atoms with Crippen LogP contribution in [0.3, 0.4) is 0 Å². The summed E-state index contributed by atoms with van der Waals surface area (Å²) in [6.07, 6.45) is 5.34. The number of rotatable bonds is 5. The van der Waals surface area contributed by atoms with E-state index in [1.54, 1.807) is 12.1 Å². The summed E-state index contributed by atoms with van der Waals surface area (Å²) in [5.74, 6) is 0.971. The Bertz CT molecular complexity index is 724. The van der Waals surface area contributed by atoms with Crippen molar-refractivity contribution in [1.29, 1.82) is 0 Å². The van der Waals surface area contributed by atoms with E-state index in [0.717, 1.165) is 31.2 Å². The number of likely N-dealkylation sites (tertiary alicyclic amines) is 1. The van der Waals surface area contributed by atoms with Crippen molar-refractivity contribution in [2.75, 3.05) is 26.7 Å². The number of guanidine groups is 1. The van der Waals surface area contributed by atoms with Gasteiger partial charge in [0.05, 0.1) is 11.4 Å². The minimum Gasteiger partial charge on any atom is -0.357 e. The van der Waals surface area contributed by atoms with Crippen molar-refractivity contribution >= 4 is 16.0 Å². The molecule has 138 valence electrons. The second-order valence-electron chi connectivity index (χ2n) is 7.05. The second-order valence-corrected chi connectivity index (χ2v) is 8.93. The molecular formula is C18H28N4O2S. The van der Waals surface area contributed by atoms with Crippen LogP contribution >= 0.6 is 0 Å². The van der Waals surface area contributed by atoms with E-state index in [4.69, 9.17) is 4.99 Å². The summed E-state index contributed by atoms with van der Waals surface area (Å²) >= 11 is 0. The average Bonchev–Trinajstić information content (AvgIpc) is 3.05. The third kappa shape index (κ3) is 3.98. The van der Waals surface area contributed by atoms with Gasteiger partial charge in [-0.2, -0.15) is 0 Å². The van der Waals surface area contributed by atoms with E-state index >= 15 is 0 Å². The standard InChI is InChI=1S/C18H28N4O2S/c1-3-20-17(22-12-11-18(14-22)9-4-10-18)21-13-15-5-7-16(8-6-15)25(23,24)19-2/h5-8,19H,3-4,9-14H2,1-2H3,(H,20,21). The Hall–Kier alpha value is -1.60. The molecule has 2 aliphatic rings. The first kappa shape index (κ1) is 18.2. The van der Waals surface area contributed by atoms with Crippen LogP contribution < -0.4 is 10.0 Å². The molecule has 0 amide bonds. The Morgan fingerprint density at radius 1 is 1.24 bits per heavy atom. The molecule has 1 aliphatic carbocycles. The number of hydrogen-bond donors (Lipinski definition) is 2. The van der Waals surface area contributed by atoms with Crippen LogP contribution in [0.1, 0.15) is 38.2 Å². The van der Waals surface area contributed by atoms with E-state index in [1.807, 2.05) is 12.1 Å². The molecule has 0 radical (unpaired) electrons. The van der Waals surface area contributed by atoms with Crippen molar-refractivity contribution in [1.82, 2.24) is 14.9 Å². The molecule has 6 nitrogen and oxygen atoms in total. The van der Waals surface area contributed by atoms with Gasteiger partial charge in [-0.15, -0.1) is 0 Å². The van der Waals surface area contributed by atoms with Gasteiger partial charge >= 0.3 is 0 Å². The van der Waals surface area contributed by atoms with Gasteiger partial charge in [0, 0.05) is 19.6 Å². The van der Waals surface area contributed by atoms with Crippen LogP contribution in [-0.4, -0.2) is 46.0 Å². The van der Waals surface area contributed by atoms with Crippen LogP contribution in [0, 0.1) is 5.41 Å². The Balaban J connectivity index is 1.67. The highest BCUT2D eigenvalue weighted by Gasteiger charge is 2.43. The molecule has 1 aromatic carbocycles. The third-order valence-electron chi connectivity index (χ3n) is 5.40. The molecule has 1 aromatic rings. The van der Waals surface area contributed by atoms with E-state index in [9.17, 15) is 8.42 Å². The zero-order valence-electron chi connectivity index (χ0n) is 15.1. The molecule has 25 heavy (non-hydrogen) atoms.